The predicted octanol–water partition coefficient (Wildman–Crippen LogP) is 2.72. The van der Waals surface area contributed by atoms with Crippen LogP contribution in [0.1, 0.15) is 31.4 Å². The van der Waals surface area contributed by atoms with Gasteiger partial charge in [0, 0.05) is 18.2 Å². The molecule has 1 rings (SSSR count). The van der Waals surface area contributed by atoms with Crippen LogP contribution in [0, 0.1) is 23.0 Å². The minimum atomic E-state index is -0.984. The molecule has 0 saturated carbocycles. The van der Waals surface area contributed by atoms with Gasteiger partial charge >= 0.3 is 5.97 Å². The summed E-state index contributed by atoms with van der Waals surface area (Å²) in [5.41, 5.74) is 0.0627. The van der Waals surface area contributed by atoms with E-state index in [2.05, 4.69) is 0 Å². The van der Waals surface area contributed by atoms with E-state index in [1.165, 1.54) is 6.07 Å². The molecule has 0 aliphatic carbocycles. The molecule has 0 fully saturated rings. The molecule has 108 valence electrons. The van der Waals surface area contributed by atoms with Crippen molar-refractivity contribution in [3.63, 3.8) is 0 Å². The molecule has 0 heterocycles. The van der Waals surface area contributed by atoms with Crippen molar-refractivity contribution in [2.45, 2.75) is 25.8 Å². The Bertz CT molecular complexity index is 514. The number of hydrogen-bond acceptors (Lipinski definition) is 3. The van der Waals surface area contributed by atoms with Crippen molar-refractivity contribution in [3.8, 4) is 6.07 Å². The molecule has 4 nitrogen and oxygen atoms in total. The fraction of sp³-hybridized carbons (Fsp3) is 0.429. The highest BCUT2D eigenvalue weighted by molar-refractivity contribution is 5.66. The van der Waals surface area contributed by atoms with E-state index in [0.29, 0.717) is 13.0 Å². The highest BCUT2D eigenvalue weighted by atomic mass is 19.1. The van der Waals surface area contributed by atoms with Crippen LogP contribution in [0.15, 0.2) is 18.2 Å². The molecule has 1 aromatic rings. The zero-order valence-electron chi connectivity index (χ0n) is 11.1. The Morgan fingerprint density at radius 3 is 2.65 bits per heavy atom. The molecular weight excluding hydrogens is 266 g/mol. The molecule has 1 N–H and O–H groups in total. The second kappa shape index (κ2) is 7.56. The highest BCUT2D eigenvalue weighted by Crippen LogP contribution is 2.24. The summed E-state index contributed by atoms with van der Waals surface area (Å²) < 4.78 is 26.7. The molecule has 0 spiro atoms. The van der Waals surface area contributed by atoms with Crippen LogP contribution < -0.4 is 0 Å². The van der Waals surface area contributed by atoms with Crippen LogP contribution in [-0.4, -0.2) is 29.1 Å². The van der Waals surface area contributed by atoms with Crippen LogP contribution in [0.4, 0.5) is 8.78 Å². The summed E-state index contributed by atoms with van der Waals surface area (Å²) in [6.07, 6.45) is 0.557. The third-order valence-electron chi connectivity index (χ3n) is 2.87. The Balaban J connectivity index is 3.00. The summed E-state index contributed by atoms with van der Waals surface area (Å²) in [6.45, 7) is 2.48. The lowest BCUT2D eigenvalue weighted by atomic mass is 10.0. The van der Waals surface area contributed by atoms with Gasteiger partial charge in [-0.1, -0.05) is 13.0 Å². The maximum absolute atomic E-state index is 13.8. The first-order valence-electron chi connectivity index (χ1n) is 6.30. The number of carboxylic acids is 1. The molecule has 0 aliphatic rings. The summed E-state index contributed by atoms with van der Waals surface area (Å²) in [7, 11) is 0. The number of aliphatic carboxylic acids is 1. The van der Waals surface area contributed by atoms with Crippen LogP contribution in [0.25, 0.3) is 0 Å². The van der Waals surface area contributed by atoms with Gasteiger partial charge in [-0.3, -0.25) is 9.69 Å². The Kier molecular flexibility index (Phi) is 6.07. The normalized spacial score (nSPS) is 12.2. The molecule has 1 unspecified atom stereocenters. The second-order valence-electron chi connectivity index (χ2n) is 4.38. The van der Waals surface area contributed by atoms with E-state index in [4.69, 9.17) is 5.11 Å². The van der Waals surface area contributed by atoms with Gasteiger partial charge in [0.05, 0.1) is 12.5 Å². The van der Waals surface area contributed by atoms with Gasteiger partial charge in [-0.05, 0) is 19.0 Å². The molecule has 1 atom stereocenters. The van der Waals surface area contributed by atoms with E-state index in [0.717, 1.165) is 12.1 Å². The van der Waals surface area contributed by atoms with E-state index in [1.54, 1.807) is 4.90 Å². The maximum Gasteiger partial charge on any atom is 0.304 e. The summed E-state index contributed by atoms with van der Waals surface area (Å²) >= 11 is 0. The number of nitrogens with zero attached hydrogens (tertiary/aromatic N) is 2. The lowest BCUT2D eigenvalue weighted by Crippen LogP contribution is -2.31. The van der Waals surface area contributed by atoms with Gasteiger partial charge in [0.15, 0.2) is 0 Å². The molecule has 0 radical (unpaired) electrons. The number of rotatable bonds is 7. The topological polar surface area (TPSA) is 64.3 Å². The van der Waals surface area contributed by atoms with E-state index < -0.39 is 23.6 Å². The van der Waals surface area contributed by atoms with Crippen LogP contribution in [-0.2, 0) is 4.79 Å². The van der Waals surface area contributed by atoms with E-state index in [1.807, 2.05) is 13.0 Å². The third-order valence-corrected chi connectivity index (χ3v) is 2.87. The zero-order valence-corrected chi connectivity index (χ0v) is 11.1. The molecule has 6 heteroatoms. The van der Waals surface area contributed by atoms with Crippen LogP contribution in [0.2, 0.25) is 0 Å². The Morgan fingerprint density at radius 2 is 2.15 bits per heavy atom. The van der Waals surface area contributed by atoms with Crippen molar-refractivity contribution in [2.75, 3.05) is 13.1 Å². The van der Waals surface area contributed by atoms with Gasteiger partial charge in [-0.2, -0.15) is 5.26 Å². The SMILES string of the molecule is CCCN(CCC(=O)O)C(C#N)c1ccc(F)cc1F. The maximum atomic E-state index is 13.8. The average molecular weight is 282 g/mol. The van der Waals surface area contributed by atoms with E-state index in [9.17, 15) is 18.8 Å². The van der Waals surface area contributed by atoms with Gasteiger partial charge < -0.3 is 5.11 Å². The zero-order chi connectivity index (χ0) is 15.1. The number of hydrogen-bond donors (Lipinski definition) is 1. The van der Waals surface area contributed by atoms with Crippen molar-refractivity contribution in [2.24, 2.45) is 0 Å². The fourth-order valence-electron chi connectivity index (χ4n) is 1.97. The molecule has 1 aromatic carbocycles. The number of carbonyl (C=O) groups is 1. The Labute approximate surface area is 116 Å². The first kappa shape index (κ1) is 16.1. The lowest BCUT2D eigenvalue weighted by molar-refractivity contribution is -0.137. The van der Waals surface area contributed by atoms with Gasteiger partial charge in [0.2, 0.25) is 0 Å². The smallest absolute Gasteiger partial charge is 0.304 e. The minimum Gasteiger partial charge on any atom is -0.481 e. The number of carboxylic acid groups (broad SMARTS) is 1. The average Bonchev–Trinajstić information content (AvgIpc) is 2.38. The Morgan fingerprint density at radius 1 is 1.45 bits per heavy atom. The molecule has 20 heavy (non-hydrogen) atoms. The van der Waals surface area contributed by atoms with Crippen LogP contribution in [0.3, 0.4) is 0 Å². The van der Waals surface area contributed by atoms with Gasteiger partial charge in [0.25, 0.3) is 0 Å². The summed E-state index contributed by atoms with van der Waals surface area (Å²) in [5.74, 6) is -2.49. The van der Waals surface area contributed by atoms with Crippen molar-refractivity contribution in [3.05, 3.63) is 35.4 Å². The largest absolute Gasteiger partial charge is 0.481 e. The first-order valence-corrected chi connectivity index (χ1v) is 6.30. The summed E-state index contributed by atoms with van der Waals surface area (Å²) in [6, 6.07) is 4.07. The van der Waals surface area contributed by atoms with E-state index in [-0.39, 0.29) is 18.5 Å². The molecule has 0 bridgehead atoms. The predicted molar refractivity (Wildman–Crippen MR) is 68.8 cm³/mol. The molecule has 0 aromatic heterocycles. The second-order valence-corrected chi connectivity index (χ2v) is 4.38. The van der Waals surface area contributed by atoms with Gasteiger partial charge in [0.1, 0.15) is 17.7 Å². The number of nitriles is 1. The Hall–Kier alpha value is -2.00. The van der Waals surface area contributed by atoms with E-state index >= 15 is 0 Å². The van der Waals surface area contributed by atoms with Crippen molar-refractivity contribution in [1.82, 2.24) is 4.90 Å². The molecular formula is C14H16F2N2O2. The highest BCUT2D eigenvalue weighted by Gasteiger charge is 2.23. The van der Waals surface area contributed by atoms with Gasteiger partial charge in [-0.15, -0.1) is 0 Å². The molecule has 0 saturated heterocycles. The van der Waals surface area contributed by atoms with Crippen molar-refractivity contribution < 1.29 is 18.7 Å². The lowest BCUT2D eigenvalue weighted by Gasteiger charge is -2.26. The summed E-state index contributed by atoms with van der Waals surface area (Å²) in [4.78, 5) is 12.2. The standard InChI is InChI=1S/C14H16F2N2O2/c1-2-6-18(7-5-14(19)20)13(9-17)11-4-3-10(15)8-12(11)16/h3-4,8,13H,2,5-7H2,1H3,(H,19,20). The quantitative estimate of drug-likeness (QED) is 0.835. The number of benzene rings is 1. The van der Waals surface area contributed by atoms with Crippen molar-refractivity contribution in [1.29, 1.82) is 5.26 Å². The monoisotopic (exact) mass is 282 g/mol. The third kappa shape index (κ3) is 4.28. The fourth-order valence-corrected chi connectivity index (χ4v) is 1.97. The number of halogens is 2. The first-order chi connectivity index (χ1) is 9.49. The molecule has 0 aliphatic heterocycles. The molecule has 0 amide bonds. The van der Waals surface area contributed by atoms with Crippen LogP contribution in [0.5, 0.6) is 0 Å². The minimum absolute atomic E-state index is 0.0627. The van der Waals surface area contributed by atoms with Crippen molar-refractivity contribution >= 4 is 5.97 Å². The van der Waals surface area contributed by atoms with Crippen LogP contribution >= 0.6 is 0 Å². The summed E-state index contributed by atoms with van der Waals surface area (Å²) in [5, 5.41) is 17.9. The van der Waals surface area contributed by atoms with Gasteiger partial charge in [-0.25, -0.2) is 8.78 Å².